The van der Waals surface area contributed by atoms with Gasteiger partial charge in [0.05, 0.1) is 5.02 Å². The molecule has 0 bridgehead atoms. The Kier molecular flexibility index (Phi) is 7.76. The normalized spacial score (nSPS) is 10.5. The van der Waals surface area contributed by atoms with Gasteiger partial charge in [-0.05, 0) is 53.6 Å². The van der Waals surface area contributed by atoms with Crippen molar-refractivity contribution < 1.29 is 4.79 Å². The number of amides is 1. The molecule has 0 aromatic heterocycles. The van der Waals surface area contributed by atoms with Crippen LogP contribution in [0.5, 0.6) is 0 Å². The Balaban J connectivity index is 2.81. The van der Waals surface area contributed by atoms with E-state index in [-0.39, 0.29) is 5.91 Å². The molecule has 0 fully saturated rings. The van der Waals surface area contributed by atoms with Crippen molar-refractivity contribution in [1.29, 1.82) is 0 Å². The third kappa shape index (κ3) is 5.30. The summed E-state index contributed by atoms with van der Waals surface area (Å²) >= 11 is 8.26. The number of hydrogen-bond donors (Lipinski definition) is 0. The molecule has 0 saturated heterocycles. The number of hydrogen-bond acceptors (Lipinski definition) is 1. The highest BCUT2D eigenvalue weighted by molar-refractivity contribution is 14.1. The summed E-state index contributed by atoms with van der Waals surface area (Å²) in [6, 6.07) is 5.53. The Labute approximate surface area is 134 Å². The maximum atomic E-state index is 12.5. The smallest absolute Gasteiger partial charge is 0.253 e. The van der Waals surface area contributed by atoms with Crippen molar-refractivity contribution >= 4 is 40.1 Å². The molecule has 2 nitrogen and oxygen atoms in total. The lowest BCUT2D eigenvalue weighted by Crippen LogP contribution is -2.33. The van der Waals surface area contributed by atoms with Crippen LogP contribution >= 0.6 is 34.2 Å². The molecule has 1 rings (SSSR count). The van der Waals surface area contributed by atoms with Gasteiger partial charge in [0.1, 0.15) is 0 Å². The number of carbonyl (C=O) groups excluding carboxylic acids is 1. The third-order valence-electron chi connectivity index (χ3n) is 3.02. The highest BCUT2D eigenvalue weighted by atomic mass is 127. The standard InChI is InChI=1S/C15H21ClINO/c1-3-5-9-18(10-6-4-2)15(19)12-7-8-14(17)13(16)11-12/h7-8,11H,3-6,9-10H2,1-2H3. The van der Waals surface area contributed by atoms with E-state index in [9.17, 15) is 4.79 Å². The molecule has 0 unspecified atom stereocenters. The molecule has 0 radical (unpaired) electrons. The molecule has 1 aromatic rings. The van der Waals surface area contributed by atoms with Gasteiger partial charge < -0.3 is 4.90 Å². The second kappa shape index (κ2) is 8.80. The molecule has 0 spiro atoms. The lowest BCUT2D eigenvalue weighted by atomic mass is 10.1. The van der Waals surface area contributed by atoms with Crippen LogP contribution in [0.15, 0.2) is 18.2 Å². The molecular weight excluding hydrogens is 373 g/mol. The fraction of sp³-hybridized carbons (Fsp3) is 0.533. The van der Waals surface area contributed by atoms with Crippen LogP contribution in [0, 0.1) is 3.57 Å². The van der Waals surface area contributed by atoms with Gasteiger partial charge in [0, 0.05) is 22.2 Å². The molecule has 0 heterocycles. The molecule has 0 saturated carbocycles. The zero-order chi connectivity index (χ0) is 14.3. The Morgan fingerprint density at radius 3 is 2.26 bits per heavy atom. The van der Waals surface area contributed by atoms with Crippen LogP contribution in [-0.2, 0) is 0 Å². The molecule has 106 valence electrons. The number of unbranched alkanes of at least 4 members (excludes halogenated alkanes) is 2. The van der Waals surface area contributed by atoms with E-state index in [2.05, 4.69) is 36.4 Å². The minimum Gasteiger partial charge on any atom is -0.339 e. The fourth-order valence-corrected chi connectivity index (χ4v) is 2.34. The first-order valence-corrected chi connectivity index (χ1v) is 8.30. The molecule has 4 heteroatoms. The van der Waals surface area contributed by atoms with Crippen molar-refractivity contribution in [1.82, 2.24) is 4.90 Å². The van der Waals surface area contributed by atoms with Gasteiger partial charge in [-0.2, -0.15) is 0 Å². The first kappa shape index (κ1) is 16.8. The van der Waals surface area contributed by atoms with E-state index in [1.807, 2.05) is 17.0 Å². The molecule has 0 atom stereocenters. The van der Waals surface area contributed by atoms with Crippen LogP contribution in [0.2, 0.25) is 5.02 Å². The first-order valence-electron chi connectivity index (χ1n) is 6.84. The van der Waals surface area contributed by atoms with E-state index in [0.717, 1.165) is 42.3 Å². The molecule has 0 N–H and O–H groups in total. The van der Waals surface area contributed by atoms with Gasteiger partial charge in [-0.3, -0.25) is 4.79 Å². The number of rotatable bonds is 7. The van der Waals surface area contributed by atoms with Gasteiger partial charge in [0.25, 0.3) is 5.91 Å². The average Bonchev–Trinajstić information content (AvgIpc) is 2.41. The van der Waals surface area contributed by atoms with E-state index < -0.39 is 0 Å². The Morgan fingerprint density at radius 1 is 1.21 bits per heavy atom. The molecule has 0 aliphatic rings. The second-order valence-electron chi connectivity index (χ2n) is 4.63. The summed E-state index contributed by atoms with van der Waals surface area (Å²) in [7, 11) is 0. The lowest BCUT2D eigenvalue weighted by molar-refractivity contribution is 0.0751. The summed E-state index contributed by atoms with van der Waals surface area (Å²) in [6.07, 6.45) is 4.30. The quantitative estimate of drug-likeness (QED) is 0.598. The summed E-state index contributed by atoms with van der Waals surface area (Å²) < 4.78 is 0.976. The third-order valence-corrected chi connectivity index (χ3v) is 4.59. The number of benzene rings is 1. The lowest BCUT2D eigenvalue weighted by Gasteiger charge is -2.22. The Bertz CT molecular complexity index is 415. The van der Waals surface area contributed by atoms with Gasteiger partial charge in [0.15, 0.2) is 0 Å². The maximum Gasteiger partial charge on any atom is 0.253 e. The van der Waals surface area contributed by atoms with Gasteiger partial charge >= 0.3 is 0 Å². The molecule has 0 aliphatic carbocycles. The summed E-state index contributed by atoms with van der Waals surface area (Å²) in [5, 5.41) is 0.650. The van der Waals surface area contributed by atoms with Crippen molar-refractivity contribution in [3.63, 3.8) is 0 Å². The van der Waals surface area contributed by atoms with Crippen LogP contribution < -0.4 is 0 Å². The van der Waals surface area contributed by atoms with E-state index in [1.54, 1.807) is 6.07 Å². The SMILES string of the molecule is CCCCN(CCCC)C(=O)c1ccc(I)c(Cl)c1. The van der Waals surface area contributed by atoms with Crippen molar-refractivity contribution in [2.24, 2.45) is 0 Å². The van der Waals surface area contributed by atoms with Gasteiger partial charge in [0.2, 0.25) is 0 Å². The minimum absolute atomic E-state index is 0.0974. The highest BCUT2D eigenvalue weighted by Crippen LogP contribution is 2.20. The zero-order valence-corrected chi connectivity index (χ0v) is 14.5. The zero-order valence-electron chi connectivity index (χ0n) is 11.6. The van der Waals surface area contributed by atoms with E-state index in [4.69, 9.17) is 11.6 Å². The predicted octanol–water partition coefficient (Wildman–Crippen LogP) is 4.99. The van der Waals surface area contributed by atoms with Gasteiger partial charge in [-0.1, -0.05) is 38.3 Å². The average molecular weight is 394 g/mol. The minimum atomic E-state index is 0.0974. The van der Waals surface area contributed by atoms with Crippen LogP contribution in [0.1, 0.15) is 49.9 Å². The molecule has 1 aromatic carbocycles. The topological polar surface area (TPSA) is 20.3 Å². The maximum absolute atomic E-state index is 12.5. The van der Waals surface area contributed by atoms with E-state index >= 15 is 0 Å². The number of carbonyl (C=O) groups is 1. The van der Waals surface area contributed by atoms with Crippen LogP contribution in [0.3, 0.4) is 0 Å². The monoisotopic (exact) mass is 393 g/mol. The van der Waals surface area contributed by atoms with E-state index in [1.165, 1.54) is 0 Å². The highest BCUT2D eigenvalue weighted by Gasteiger charge is 2.15. The molecule has 19 heavy (non-hydrogen) atoms. The molecule has 0 aliphatic heterocycles. The van der Waals surface area contributed by atoms with Crippen molar-refractivity contribution in [3.05, 3.63) is 32.4 Å². The predicted molar refractivity (Wildman–Crippen MR) is 89.9 cm³/mol. The van der Waals surface area contributed by atoms with E-state index in [0.29, 0.717) is 10.6 Å². The Hall–Kier alpha value is -0.290. The first-order chi connectivity index (χ1) is 9.10. The van der Waals surface area contributed by atoms with Crippen LogP contribution in [0.4, 0.5) is 0 Å². The van der Waals surface area contributed by atoms with Crippen LogP contribution in [0.25, 0.3) is 0 Å². The largest absolute Gasteiger partial charge is 0.339 e. The molecule has 1 amide bonds. The Morgan fingerprint density at radius 2 is 1.79 bits per heavy atom. The summed E-state index contributed by atoms with van der Waals surface area (Å²) in [6.45, 7) is 5.95. The van der Waals surface area contributed by atoms with Crippen molar-refractivity contribution in [2.75, 3.05) is 13.1 Å². The number of halogens is 2. The number of nitrogens with zero attached hydrogens (tertiary/aromatic N) is 1. The van der Waals surface area contributed by atoms with Gasteiger partial charge in [-0.15, -0.1) is 0 Å². The summed E-state index contributed by atoms with van der Waals surface area (Å²) in [5.74, 6) is 0.0974. The van der Waals surface area contributed by atoms with Crippen molar-refractivity contribution in [2.45, 2.75) is 39.5 Å². The van der Waals surface area contributed by atoms with Crippen molar-refractivity contribution in [3.8, 4) is 0 Å². The fourth-order valence-electron chi connectivity index (χ4n) is 1.82. The molecular formula is C15H21ClINO. The van der Waals surface area contributed by atoms with Crippen LogP contribution in [-0.4, -0.2) is 23.9 Å². The second-order valence-corrected chi connectivity index (χ2v) is 6.20. The van der Waals surface area contributed by atoms with Gasteiger partial charge in [-0.25, -0.2) is 0 Å². The summed E-state index contributed by atoms with van der Waals surface area (Å²) in [4.78, 5) is 14.4. The summed E-state index contributed by atoms with van der Waals surface area (Å²) in [5.41, 5.74) is 0.692.